The molecule has 1 aromatic carbocycles. The molecule has 4 heteroatoms. The molecule has 0 aliphatic carbocycles. The fraction of sp³-hybridized carbons (Fsp3) is 0.111. The molecule has 0 atom stereocenters. The van der Waals surface area contributed by atoms with Crippen LogP contribution < -0.4 is 9.79 Å². The molecule has 0 amide bonds. The van der Waals surface area contributed by atoms with E-state index in [-0.39, 0.29) is 5.75 Å². The Bertz CT molecular complexity index is 470. The van der Waals surface area contributed by atoms with E-state index in [1.54, 1.807) is 25.2 Å². The number of aryl methyl sites for hydroxylation is 1. The normalized spacial score (nSPS) is 10.6. The minimum atomic E-state index is -0.0602. The summed E-state index contributed by atoms with van der Waals surface area (Å²) in [7, 11) is 1.72. The van der Waals surface area contributed by atoms with Gasteiger partial charge in [-0.15, -0.1) is 0 Å². The number of rotatable bonds is 0. The summed E-state index contributed by atoms with van der Waals surface area (Å²) >= 11 is 5.76. The van der Waals surface area contributed by atoms with Gasteiger partial charge in [0.25, 0.3) is 0 Å². The Kier molecular flexibility index (Phi) is 1.81. The second-order valence-electron chi connectivity index (χ2n) is 2.83. The van der Waals surface area contributed by atoms with Gasteiger partial charge >= 0.3 is 0 Å². The van der Waals surface area contributed by atoms with E-state index in [4.69, 9.17) is 11.6 Å². The standard InChI is InChI=1S/C9H7ClN2O/c1-12-5-9(13)7-4-6(10)2-3-8(7)11-12/h2-5H,1H3. The zero-order valence-corrected chi connectivity index (χ0v) is 7.75. The van der Waals surface area contributed by atoms with Gasteiger partial charge in [-0.3, -0.25) is 0 Å². The number of hydrogen-bond acceptors (Lipinski definition) is 2. The third-order valence-corrected chi connectivity index (χ3v) is 2.03. The average molecular weight is 195 g/mol. The van der Waals surface area contributed by atoms with Crippen LogP contribution in [0.2, 0.25) is 5.02 Å². The molecule has 0 radical (unpaired) electrons. The lowest BCUT2D eigenvalue weighted by Gasteiger charge is -2.05. The summed E-state index contributed by atoms with van der Waals surface area (Å²) in [5.74, 6) is -0.0602. The van der Waals surface area contributed by atoms with Crippen molar-refractivity contribution < 1.29 is 9.79 Å². The van der Waals surface area contributed by atoms with E-state index in [2.05, 4.69) is 5.10 Å². The highest BCUT2D eigenvalue weighted by Crippen LogP contribution is 2.21. The first-order chi connectivity index (χ1) is 6.16. The van der Waals surface area contributed by atoms with Gasteiger partial charge in [-0.1, -0.05) is 16.3 Å². The molecule has 2 rings (SSSR count). The molecule has 0 spiro atoms. The summed E-state index contributed by atoms with van der Waals surface area (Å²) in [6.45, 7) is 0. The maximum absolute atomic E-state index is 11.4. The monoisotopic (exact) mass is 194 g/mol. The average Bonchev–Trinajstić information content (AvgIpc) is 2.06. The first kappa shape index (κ1) is 8.26. The van der Waals surface area contributed by atoms with Crippen LogP contribution in [0.1, 0.15) is 0 Å². The predicted octanol–water partition coefficient (Wildman–Crippen LogP) is 0.786. The third kappa shape index (κ3) is 1.42. The molecule has 3 nitrogen and oxygen atoms in total. The van der Waals surface area contributed by atoms with Crippen LogP contribution in [0.15, 0.2) is 24.4 Å². The summed E-state index contributed by atoms with van der Waals surface area (Å²) in [5, 5.41) is 16.7. The molecule has 0 N–H and O–H groups in total. The van der Waals surface area contributed by atoms with Crippen molar-refractivity contribution in [3.05, 3.63) is 29.4 Å². The Morgan fingerprint density at radius 1 is 1.46 bits per heavy atom. The molecule has 0 aliphatic rings. The quantitative estimate of drug-likeness (QED) is 0.582. The van der Waals surface area contributed by atoms with Gasteiger partial charge in [0, 0.05) is 10.4 Å². The second kappa shape index (κ2) is 2.85. The first-order valence-corrected chi connectivity index (χ1v) is 4.18. The molecule has 0 saturated heterocycles. The Hall–Kier alpha value is -1.35. The molecule has 0 unspecified atom stereocenters. The Balaban J connectivity index is 2.87. The van der Waals surface area contributed by atoms with Crippen LogP contribution in [0.3, 0.4) is 0 Å². The van der Waals surface area contributed by atoms with Gasteiger partial charge in [-0.2, -0.15) is 0 Å². The fourth-order valence-corrected chi connectivity index (χ4v) is 1.40. The van der Waals surface area contributed by atoms with E-state index in [0.29, 0.717) is 15.9 Å². The van der Waals surface area contributed by atoms with Crippen molar-refractivity contribution >= 4 is 22.5 Å². The molecule has 1 aromatic heterocycles. The van der Waals surface area contributed by atoms with Crippen LogP contribution >= 0.6 is 11.6 Å². The smallest absolute Gasteiger partial charge is 0.188 e. The SMILES string of the molecule is C[n+]1cc([O-])c2cc(Cl)ccc2n1. The second-order valence-corrected chi connectivity index (χ2v) is 3.26. The molecule has 1 heterocycles. The minimum absolute atomic E-state index is 0.0602. The largest absolute Gasteiger partial charge is 0.868 e. The van der Waals surface area contributed by atoms with E-state index in [1.807, 2.05) is 0 Å². The summed E-state index contributed by atoms with van der Waals surface area (Å²) < 4.78 is 1.50. The molecular weight excluding hydrogens is 188 g/mol. The van der Waals surface area contributed by atoms with Gasteiger partial charge in [0.15, 0.2) is 13.2 Å². The van der Waals surface area contributed by atoms with Crippen LogP contribution in [0.25, 0.3) is 10.9 Å². The minimum Gasteiger partial charge on any atom is -0.868 e. The van der Waals surface area contributed by atoms with Crippen LogP contribution in [-0.2, 0) is 7.05 Å². The van der Waals surface area contributed by atoms with Crippen molar-refractivity contribution in [1.29, 1.82) is 0 Å². The highest BCUT2D eigenvalue weighted by Gasteiger charge is 2.02. The van der Waals surface area contributed by atoms with Gasteiger partial charge in [0.1, 0.15) is 5.52 Å². The Labute approximate surface area is 80.2 Å². The van der Waals surface area contributed by atoms with Gasteiger partial charge in [0.2, 0.25) is 0 Å². The van der Waals surface area contributed by atoms with Crippen molar-refractivity contribution in [3.8, 4) is 5.75 Å². The van der Waals surface area contributed by atoms with Crippen molar-refractivity contribution in [1.82, 2.24) is 5.10 Å². The summed E-state index contributed by atoms with van der Waals surface area (Å²) in [6, 6.07) is 5.08. The number of hydrogen-bond donors (Lipinski definition) is 0. The molecule has 0 fully saturated rings. The van der Waals surface area contributed by atoms with Crippen LogP contribution in [0.4, 0.5) is 0 Å². The zero-order valence-electron chi connectivity index (χ0n) is 6.99. The third-order valence-electron chi connectivity index (χ3n) is 1.79. The molecule has 2 aromatic rings. The molecule has 66 valence electrons. The van der Waals surface area contributed by atoms with Crippen LogP contribution in [0, 0.1) is 0 Å². The molecular formula is C9H7ClN2O. The predicted molar refractivity (Wildman–Crippen MR) is 47.4 cm³/mol. The Morgan fingerprint density at radius 3 is 3.00 bits per heavy atom. The highest BCUT2D eigenvalue weighted by atomic mass is 35.5. The summed E-state index contributed by atoms with van der Waals surface area (Å²) in [4.78, 5) is 0. The van der Waals surface area contributed by atoms with E-state index in [1.165, 1.54) is 10.9 Å². The van der Waals surface area contributed by atoms with Crippen LogP contribution in [0.5, 0.6) is 5.75 Å². The van der Waals surface area contributed by atoms with Crippen molar-refractivity contribution in [2.75, 3.05) is 0 Å². The number of halogens is 1. The number of aromatic nitrogens is 2. The van der Waals surface area contributed by atoms with Gasteiger partial charge < -0.3 is 5.11 Å². The maximum Gasteiger partial charge on any atom is 0.188 e. The van der Waals surface area contributed by atoms with Gasteiger partial charge in [-0.05, 0) is 29.0 Å². The van der Waals surface area contributed by atoms with Gasteiger partial charge in [-0.25, -0.2) is 0 Å². The van der Waals surface area contributed by atoms with Crippen molar-refractivity contribution in [3.63, 3.8) is 0 Å². The molecule has 0 saturated carbocycles. The van der Waals surface area contributed by atoms with Crippen LogP contribution in [-0.4, -0.2) is 5.10 Å². The Morgan fingerprint density at radius 2 is 2.23 bits per heavy atom. The molecule has 13 heavy (non-hydrogen) atoms. The zero-order chi connectivity index (χ0) is 9.42. The first-order valence-electron chi connectivity index (χ1n) is 3.80. The summed E-state index contributed by atoms with van der Waals surface area (Å²) in [6.07, 6.45) is 1.43. The molecule has 0 bridgehead atoms. The van der Waals surface area contributed by atoms with E-state index >= 15 is 0 Å². The van der Waals surface area contributed by atoms with E-state index in [9.17, 15) is 5.11 Å². The van der Waals surface area contributed by atoms with Crippen molar-refractivity contribution in [2.24, 2.45) is 7.05 Å². The lowest BCUT2D eigenvalue weighted by molar-refractivity contribution is -0.730. The number of benzene rings is 1. The highest BCUT2D eigenvalue weighted by molar-refractivity contribution is 6.31. The maximum atomic E-state index is 11.4. The van der Waals surface area contributed by atoms with E-state index in [0.717, 1.165) is 0 Å². The fourth-order valence-electron chi connectivity index (χ4n) is 1.23. The van der Waals surface area contributed by atoms with Gasteiger partial charge in [0.05, 0.1) is 0 Å². The summed E-state index contributed by atoms with van der Waals surface area (Å²) in [5.41, 5.74) is 0.666. The number of nitrogens with zero attached hydrogens (tertiary/aromatic N) is 2. The number of fused-ring (bicyclic) bond motifs is 1. The topological polar surface area (TPSA) is 39.8 Å². The van der Waals surface area contributed by atoms with E-state index < -0.39 is 0 Å². The van der Waals surface area contributed by atoms with Crippen molar-refractivity contribution in [2.45, 2.75) is 0 Å². The molecule has 0 aliphatic heterocycles. The lowest BCUT2D eigenvalue weighted by Crippen LogP contribution is -2.32. The lowest BCUT2D eigenvalue weighted by atomic mass is 10.2.